The molecule has 0 amide bonds. The average Bonchev–Trinajstić information content (AvgIpc) is 2.56. The van der Waals surface area contributed by atoms with Crippen LogP contribution in [0.4, 0.5) is 5.82 Å². The van der Waals surface area contributed by atoms with Gasteiger partial charge in [-0.05, 0) is 50.2 Å². The van der Waals surface area contributed by atoms with E-state index in [1.165, 1.54) is 68.7 Å². The molecule has 1 aliphatic carbocycles. The maximum atomic E-state index is 4.95. The van der Waals surface area contributed by atoms with Gasteiger partial charge in [0.1, 0.15) is 5.82 Å². The van der Waals surface area contributed by atoms with E-state index in [0.29, 0.717) is 0 Å². The molecule has 0 unspecified atom stereocenters. The van der Waals surface area contributed by atoms with E-state index in [1.54, 1.807) is 0 Å². The quantitative estimate of drug-likeness (QED) is 0.847. The van der Waals surface area contributed by atoms with Gasteiger partial charge in [-0.2, -0.15) is 0 Å². The van der Waals surface area contributed by atoms with E-state index in [4.69, 9.17) is 4.98 Å². The predicted octanol–water partition coefficient (Wildman–Crippen LogP) is 3.27. The van der Waals surface area contributed by atoms with E-state index in [1.807, 2.05) is 0 Å². The van der Waals surface area contributed by atoms with Crippen molar-refractivity contribution in [3.63, 3.8) is 0 Å². The molecule has 1 fully saturated rings. The van der Waals surface area contributed by atoms with Crippen molar-refractivity contribution in [2.45, 2.75) is 58.4 Å². The van der Waals surface area contributed by atoms with Gasteiger partial charge >= 0.3 is 0 Å². The first-order valence-electron chi connectivity index (χ1n) is 8.79. The summed E-state index contributed by atoms with van der Waals surface area (Å²) in [7, 11) is 0. The third kappa shape index (κ3) is 3.23. The first kappa shape index (κ1) is 14.8. The molecule has 0 saturated carbocycles. The number of aryl methyl sites for hydroxylation is 2. The van der Waals surface area contributed by atoms with Gasteiger partial charge in [-0.3, -0.25) is 4.90 Å². The summed E-state index contributed by atoms with van der Waals surface area (Å²) in [6, 6.07) is 5.34. The highest BCUT2D eigenvalue weighted by Crippen LogP contribution is 2.24. The van der Waals surface area contributed by atoms with E-state index in [9.17, 15) is 0 Å². The first-order chi connectivity index (χ1) is 10.3. The van der Waals surface area contributed by atoms with Crippen LogP contribution in [0.25, 0.3) is 0 Å². The Balaban J connectivity index is 1.64. The van der Waals surface area contributed by atoms with Gasteiger partial charge in [0, 0.05) is 37.9 Å². The van der Waals surface area contributed by atoms with Gasteiger partial charge in [0.15, 0.2) is 0 Å². The van der Waals surface area contributed by atoms with Crippen molar-refractivity contribution in [3.05, 3.63) is 23.4 Å². The zero-order valence-corrected chi connectivity index (χ0v) is 13.6. The van der Waals surface area contributed by atoms with E-state index < -0.39 is 0 Å². The van der Waals surface area contributed by atoms with Crippen molar-refractivity contribution in [3.8, 4) is 0 Å². The summed E-state index contributed by atoms with van der Waals surface area (Å²) < 4.78 is 0. The number of pyridine rings is 1. The lowest BCUT2D eigenvalue weighted by atomic mass is 9.96. The second-order valence-electron chi connectivity index (χ2n) is 6.48. The second kappa shape index (κ2) is 6.78. The summed E-state index contributed by atoms with van der Waals surface area (Å²) in [6.45, 7) is 9.25. The Morgan fingerprint density at radius 1 is 1.00 bits per heavy atom. The van der Waals surface area contributed by atoms with Crippen LogP contribution >= 0.6 is 0 Å². The van der Waals surface area contributed by atoms with Crippen LogP contribution in [0.15, 0.2) is 12.1 Å². The number of anilines is 1. The predicted molar refractivity (Wildman–Crippen MR) is 89.0 cm³/mol. The normalized spacial score (nSPS) is 19.9. The van der Waals surface area contributed by atoms with Gasteiger partial charge in [0.25, 0.3) is 0 Å². The van der Waals surface area contributed by atoms with Crippen LogP contribution in [0.3, 0.4) is 0 Å². The summed E-state index contributed by atoms with van der Waals surface area (Å²) in [5.41, 5.74) is 2.85. The number of rotatable bonds is 4. The highest BCUT2D eigenvalue weighted by atomic mass is 15.3. The van der Waals surface area contributed by atoms with E-state index in [-0.39, 0.29) is 0 Å². The zero-order chi connectivity index (χ0) is 14.7. The van der Waals surface area contributed by atoms with Crippen LogP contribution in [-0.2, 0) is 12.8 Å². The maximum absolute atomic E-state index is 4.95. The molecule has 3 nitrogen and oxygen atoms in total. The van der Waals surface area contributed by atoms with Gasteiger partial charge < -0.3 is 4.90 Å². The summed E-state index contributed by atoms with van der Waals surface area (Å²) in [5.74, 6) is 1.21. The van der Waals surface area contributed by atoms with E-state index >= 15 is 0 Å². The van der Waals surface area contributed by atoms with Crippen LogP contribution in [-0.4, -0.2) is 42.1 Å². The summed E-state index contributed by atoms with van der Waals surface area (Å²) >= 11 is 0. The van der Waals surface area contributed by atoms with E-state index in [2.05, 4.69) is 35.8 Å². The SMILES string of the molecule is CCC(CC)N1CCN(c2ccc3c(n2)CCCC3)CC1. The molecule has 0 aromatic carbocycles. The minimum absolute atomic E-state index is 0.767. The largest absolute Gasteiger partial charge is 0.354 e. The minimum Gasteiger partial charge on any atom is -0.354 e. The Morgan fingerprint density at radius 2 is 1.71 bits per heavy atom. The number of nitrogens with zero attached hydrogens (tertiary/aromatic N) is 3. The monoisotopic (exact) mass is 287 g/mol. The molecule has 0 N–H and O–H groups in total. The molecule has 0 radical (unpaired) electrons. The molecule has 3 heteroatoms. The van der Waals surface area contributed by atoms with Gasteiger partial charge in [-0.25, -0.2) is 4.98 Å². The van der Waals surface area contributed by atoms with Gasteiger partial charge in [-0.15, -0.1) is 0 Å². The van der Waals surface area contributed by atoms with Gasteiger partial charge in [-0.1, -0.05) is 19.9 Å². The third-order valence-corrected chi connectivity index (χ3v) is 5.26. The Bertz CT molecular complexity index is 460. The van der Waals surface area contributed by atoms with Crippen molar-refractivity contribution >= 4 is 5.82 Å². The van der Waals surface area contributed by atoms with Crippen molar-refractivity contribution in [1.82, 2.24) is 9.88 Å². The van der Waals surface area contributed by atoms with Crippen molar-refractivity contribution in [2.75, 3.05) is 31.1 Å². The fourth-order valence-electron chi connectivity index (χ4n) is 3.87. The zero-order valence-electron chi connectivity index (χ0n) is 13.6. The lowest BCUT2D eigenvalue weighted by Gasteiger charge is -2.39. The van der Waals surface area contributed by atoms with E-state index in [0.717, 1.165) is 19.1 Å². The number of hydrogen-bond acceptors (Lipinski definition) is 3. The third-order valence-electron chi connectivity index (χ3n) is 5.26. The van der Waals surface area contributed by atoms with Crippen LogP contribution < -0.4 is 4.90 Å². The molecular formula is C18H29N3. The fourth-order valence-corrected chi connectivity index (χ4v) is 3.87. The molecule has 1 aliphatic heterocycles. The van der Waals surface area contributed by atoms with Crippen molar-refractivity contribution in [1.29, 1.82) is 0 Å². The van der Waals surface area contributed by atoms with Gasteiger partial charge in [0.2, 0.25) is 0 Å². The Kier molecular flexibility index (Phi) is 4.79. The van der Waals surface area contributed by atoms with Crippen molar-refractivity contribution in [2.24, 2.45) is 0 Å². The Labute approximate surface area is 129 Å². The number of hydrogen-bond donors (Lipinski definition) is 0. The standard InChI is InChI=1S/C18H29N3/c1-3-16(4-2)20-11-13-21(14-12-20)18-10-9-15-7-5-6-8-17(15)19-18/h9-10,16H,3-8,11-14H2,1-2H3. The van der Waals surface area contributed by atoms with Gasteiger partial charge in [0.05, 0.1) is 0 Å². The molecule has 2 heterocycles. The molecule has 1 aromatic rings. The summed E-state index contributed by atoms with van der Waals surface area (Å²) in [5, 5.41) is 0. The molecule has 1 aromatic heterocycles. The van der Waals surface area contributed by atoms with Crippen LogP contribution in [0.1, 0.15) is 50.8 Å². The number of aromatic nitrogens is 1. The van der Waals surface area contributed by atoms with Crippen LogP contribution in [0.2, 0.25) is 0 Å². The molecule has 0 bridgehead atoms. The first-order valence-corrected chi connectivity index (χ1v) is 8.79. The molecular weight excluding hydrogens is 258 g/mol. The second-order valence-corrected chi connectivity index (χ2v) is 6.48. The molecule has 2 aliphatic rings. The van der Waals surface area contributed by atoms with Crippen LogP contribution in [0.5, 0.6) is 0 Å². The molecule has 0 spiro atoms. The molecule has 3 rings (SSSR count). The molecule has 0 atom stereocenters. The van der Waals surface area contributed by atoms with Crippen LogP contribution in [0, 0.1) is 0 Å². The molecule has 21 heavy (non-hydrogen) atoms. The Morgan fingerprint density at radius 3 is 2.43 bits per heavy atom. The average molecular weight is 287 g/mol. The minimum atomic E-state index is 0.767. The van der Waals surface area contributed by atoms with Crippen molar-refractivity contribution < 1.29 is 0 Å². The summed E-state index contributed by atoms with van der Waals surface area (Å²) in [6.07, 6.45) is 7.59. The smallest absolute Gasteiger partial charge is 0.128 e. The fraction of sp³-hybridized carbons (Fsp3) is 0.722. The summed E-state index contributed by atoms with van der Waals surface area (Å²) in [4.78, 5) is 10.1. The Hall–Kier alpha value is -1.09. The highest BCUT2D eigenvalue weighted by Gasteiger charge is 2.23. The maximum Gasteiger partial charge on any atom is 0.128 e. The number of piperazine rings is 1. The lowest BCUT2D eigenvalue weighted by molar-refractivity contribution is 0.175. The highest BCUT2D eigenvalue weighted by molar-refractivity contribution is 5.43. The number of fused-ring (bicyclic) bond motifs is 1. The molecule has 1 saturated heterocycles. The lowest BCUT2D eigenvalue weighted by Crippen LogP contribution is -2.50. The molecule has 116 valence electrons. The topological polar surface area (TPSA) is 19.4 Å².